The molecule has 1 rings (SSSR count). The number of ketones is 1. The molecule has 9 heteroatoms. The Morgan fingerprint density at radius 2 is 1.95 bits per heavy atom. The number of Topliss-reactive ketones (excluding diaryl/α,β-unsaturated/α-hetero) is 1. The zero-order chi connectivity index (χ0) is 15.5. The number of rotatable bonds is 5. The van der Waals surface area contributed by atoms with Gasteiger partial charge < -0.3 is 4.74 Å². The van der Waals surface area contributed by atoms with Crippen molar-refractivity contribution in [1.82, 2.24) is 0 Å². The van der Waals surface area contributed by atoms with E-state index in [4.69, 9.17) is 0 Å². The van der Waals surface area contributed by atoms with E-state index in [-0.39, 0.29) is 5.56 Å². The Bertz CT molecular complexity index is 490. The van der Waals surface area contributed by atoms with Gasteiger partial charge in [-0.25, -0.2) is 0 Å². The first kappa shape index (κ1) is 17.2. The number of hydrogen-bond donors (Lipinski definition) is 0. The van der Waals surface area contributed by atoms with Gasteiger partial charge in [-0.2, -0.15) is 22.0 Å². The second-order valence-corrected chi connectivity index (χ2v) is 6.05. The van der Waals surface area contributed by atoms with E-state index in [2.05, 4.69) is 20.7 Å². The summed E-state index contributed by atoms with van der Waals surface area (Å²) in [5, 5.41) is 0. The van der Waals surface area contributed by atoms with Crippen LogP contribution in [0, 0.1) is 0 Å². The van der Waals surface area contributed by atoms with E-state index in [0.29, 0.717) is 0 Å². The molecule has 0 aromatic heterocycles. The van der Waals surface area contributed by atoms with Gasteiger partial charge in [0, 0.05) is 5.56 Å². The normalized spacial score (nSPS) is 13.4. The second-order valence-electron chi connectivity index (χ2n) is 3.57. The van der Waals surface area contributed by atoms with E-state index in [1.165, 1.54) is 6.92 Å². The number of carbonyl (C=O) groups excluding carboxylic acids is 1. The third kappa shape index (κ3) is 5.28. The molecule has 0 amide bonds. The van der Waals surface area contributed by atoms with Crippen molar-refractivity contribution in [2.45, 2.75) is 28.8 Å². The molecule has 1 unspecified atom stereocenters. The van der Waals surface area contributed by atoms with Crippen LogP contribution in [-0.2, 0) is 0 Å². The van der Waals surface area contributed by atoms with E-state index >= 15 is 0 Å². The first-order chi connectivity index (χ1) is 9.10. The zero-order valence-electron chi connectivity index (χ0n) is 9.88. The molecule has 0 bridgehead atoms. The lowest BCUT2D eigenvalue weighted by Gasteiger charge is -2.13. The smallest absolute Gasteiger partial charge is 0.434 e. The van der Waals surface area contributed by atoms with E-state index in [1.807, 2.05) is 0 Å². The molecular weight excluding hydrogens is 371 g/mol. The van der Waals surface area contributed by atoms with Gasteiger partial charge in [-0.15, -0.1) is 0 Å². The molecule has 0 spiro atoms. The highest BCUT2D eigenvalue weighted by molar-refractivity contribution is 9.10. The van der Waals surface area contributed by atoms with Gasteiger partial charge in [-0.3, -0.25) is 4.79 Å². The summed E-state index contributed by atoms with van der Waals surface area (Å²) in [4.78, 5) is 10.5. The van der Waals surface area contributed by atoms with Crippen molar-refractivity contribution in [1.29, 1.82) is 0 Å². The lowest BCUT2D eigenvalue weighted by atomic mass is 10.1. The summed E-state index contributed by atoms with van der Waals surface area (Å²) in [6.45, 7) is -1.77. The Balaban J connectivity index is 3.16. The Kier molecular flexibility index (Phi) is 5.81. The molecule has 1 aromatic rings. The van der Waals surface area contributed by atoms with Crippen LogP contribution >= 0.6 is 27.7 Å². The maximum atomic E-state index is 12.3. The predicted octanol–water partition coefficient (Wildman–Crippen LogP) is 4.87. The molecule has 2 nitrogen and oxygen atoms in total. The van der Waals surface area contributed by atoms with E-state index in [1.54, 1.807) is 0 Å². The highest BCUT2D eigenvalue weighted by Gasteiger charge is 2.31. The van der Waals surface area contributed by atoms with Crippen LogP contribution in [0.25, 0.3) is 0 Å². The largest absolute Gasteiger partial charge is 0.446 e. The standard InChI is InChI=1S/C11H8BrF5O2S/c1-5(12)9(18)6-2-3-8(20-11(15,16)17)7(4-6)19-10(13)14/h2-5,10H,1H3. The third-order valence-corrected chi connectivity index (χ3v) is 3.24. The van der Waals surface area contributed by atoms with Crippen molar-refractivity contribution in [3.05, 3.63) is 23.8 Å². The summed E-state index contributed by atoms with van der Waals surface area (Å²) in [5.74, 6) is -1.13. The quantitative estimate of drug-likeness (QED) is 0.316. The summed E-state index contributed by atoms with van der Waals surface area (Å²) >= 11 is 2.41. The van der Waals surface area contributed by atoms with Gasteiger partial charge in [0.2, 0.25) is 0 Å². The van der Waals surface area contributed by atoms with E-state index in [9.17, 15) is 26.7 Å². The van der Waals surface area contributed by atoms with Crippen LogP contribution in [0.5, 0.6) is 5.75 Å². The van der Waals surface area contributed by atoms with Crippen molar-refractivity contribution in [2.75, 3.05) is 0 Å². The van der Waals surface area contributed by atoms with Crippen molar-refractivity contribution in [3.63, 3.8) is 0 Å². The summed E-state index contributed by atoms with van der Waals surface area (Å²) in [6.07, 6.45) is 0. The summed E-state index contributed by atoms with van der Waals surface area (Å²) in [6, 6.07) is 2.94. The SMILES string of the molecule is CC(Br)C(=O)c1ccc(SC(F)(F)F)c(OC(F)F)c1. The summed E-state index contributed by atoms with van der Waals surface area (Å²) in [5.41, 5.74) is -4.66. The van der Waals surface area contributed by atoms with Crippen molar-refractivity contribution >= 4 is 33.5 Å². The number of ether oxygens (including phenoxy) is 1. The van der Waals surface area contributed by atoms with Gasteiger partial charge in [-0.1, -0.05) is 15.9 Å². The van der Waals surface area contributed by atoms with Crippen LogP contribution < -0.4 is 4.74 Å². The number of carbonyl (C=O) groups is 1. The Hall–Kier alpha value is -0.830. The molecule has 0 fully saturated rings. The molecule has 112 valence electrons. The molecule has 0 aliphatic heterocycles. The maximum Gasteiger partial charge on any atom is 0.446 e. The topological polar surface area (TPSA) is 26.3 Å². The Labute approximate surface area is 123 Å². The zero-order valence-corrected chi connectivity index (χ0v) is 12.3. The summed E-state index contributed by atoms with van der Waals surface area (Å²) in [7, 11) is 0. The summed E-state index contributed by atoms with van der Waals surface area (Å²) < 4.78 is 65.4. The molecule has 0 N–H and O–H groups in total. The van der Waals surface area contributed by atoms with Crippen molar-refractivity contribution in [3.8, 4) is 5.75 Å². The predicted molar refractivity (Wildman–Crippen MR) is 67.7 cm³/mol. The number of hydrogen-bond acceptors (Lipinski definition) is 3. The van der Waals surface area contributed by atoms with E-state index < -0.39 is 45.1 Å². The van der Waals surface area contributed by atoms with Gasteiger partial charge in [0.05, 0.1) is 9.72 Å². The molecule has 0 radical (unpaired) electrons. The Morgan fingerprint density at radius 3 is 2.40 bits per heavy atom. The lowest BCUT2D eigenvalue weighted by molar-refractivity contribution is -0.0528. The van der Waals surface area contributed by atoms with Crippen molar-refractivity contribution < 1.29 is 31.5 Å². The maximum absolute atomic E-state index is 12.3. The van der Waals surface area contributed by atoms with Crippen LogP contribution in [0.3, 0.4) is 0 Å². The molecule has 20 heavy (non-hydrogen) atoms. The second kappa shape index (κ2) is 6.75. The van der Waals surface area contributed by atoms with Crippen LogP contribution in [0.1, 0.15) is 17.3 Å². The number of alkyl halides is 6. The van der Waals surface area contributed by atoms with Gasteiger partial charge in [0.15, 0.2) is 5.78 Å². The van der Waals surface area contributed by atoms with Gasteiger partial charge in [-0.05, 0) is 36.9 Å². The molecule has 0 aliphatic carbocycles. The third-order valence-electron chi connectivity index (χ3n) is 2.03. The molecule has 0 aliphatic rings. The molecule has 0 saturated heterocycles. The molecule has 1 atom stereocenters. The molecular formula is C11H8BrF5O2S. The minimum Gasteiger partial charge on any atom is -0.434 e. The minimum atomic E-state index is -4.64. The van der Waals surface area contributed by atoms with Crippen LogP contribution in [0.15, 0.2) is 23.1 Å². The first-order valence-corrected chi connectivity index (χ1v) is 6.86. The fourth-order valence-electron chi connectivity index (χ4n) is 1.29. The van der Waals surface area contributed by atoms with Crippen LogP contribution in [0.2, 0.25) is 0 Å². The Morgan fingerprint density at radius 1 is 1.35 bits per heavy atom. The molecule has 0 heterocycles. The van der Waals surface area contributed by atoms with Gasteiger partial charge >= 0.3 is 12.1 Å². The average molecular weight is 379 g/mol. The first-order valence-electron chi connectivity index (χ1n) is 5.13. The highest BCUT2D eigenvalue weighted by atomic mass is 79.9. The number of thioether (sulfide) groups is 1. The molecule has 1 aromatic carbocycles. The van der Waals surface area contributed by atoms with Crippen LogP contribution in [-0.4, -0.2) is 22.7 Å². The fourth-order valence-corrected chi connectivity index (χ4v) is 2.15. The van der Waals surface area contributed by atoms with Gasteiger partial charge in [0.25, 0.3) is 0 Å². The number of benzene rings is 1. The van der Waals surface area contributed by atoms with Gasteiger partial charge in [0.1, 0.15) is 5.75 Å². The lowest BCUT2D eigenvalue weighted by Crippen LogP contribution is -2.11. The number of halogens is 6. The van der Waals surface area contributed by atoms with Crippen molar-refractivity contribution in [2.24, 2.45) is 0 Å². The molecule has 0 saturated carbocycles. The average Bonchev–Trinajstić information content (AvgIpc) is 2.27. The fraction of sp³-hybridized carbons (Fsp3) is 0.364. The monoisotopic (exact) mass is 378 g/mol. The highest BCUT2D eigenvalue weighted by Crippen LogP contribution is 2.42. The van der Waals surface area contributed by atoms with E-state index in [0.717, 1.165) is 18.2 Å². The minimum absolute atomic E-state index is 0.0171. The van der Waals surface area contributed by atoms with Crippen LogP contribution in [0.4, 0.5) is 22.0 Å².